The molecule has 6 nitrogen and oxygen atoms in total. The van der Waals surface area contributed by atoms with Gasteiger partial charge in [0, 0.05) is 14.4 Å². The second-order valence-corrected chi connectivity index (χ2v) is 5.20. The van der Waals surface area contributed by atoms with E-state index in [0.717, 1.165) is 6.42 Å². The third-order valence-corrected chi connectivity index (χ3v) is 2.48. The van der Waals surface area contributed by atoms with Crippen LogP contribution in [-0.2, 0) is 23.8 Å². The van der Waals surface area contributed by atoms with E-state index in [2.05, 4.69) is 5.32 Å². The summed E-state index contributed by atoms with van der Waals surface area (Å²) in [6.45, 7) is 8.48. The summed E-state index contributed by atoms with van der Waals surface area (Å²) in [4.78, 5) is 22.5. The lowest BCUT2D eigenvalue weighted by Crippen LogP contribution is -2.31. The summed E-state index contributed by atoms with van der Waals surface area (Å²) in [5, 5.41) is 2.77. The number of rotatable bonds is 14. The van der Waals surface area contributed by atoms with Crippen LogP contribution in [0.3, 0.4) is 0 Å². The van der Waals surface area contributed by atoms with Crippen molar-refractivity contribution < 1.29 is 25.2 Å². The van der Waals surface area contributed by atoms with Gasteiger partial charge >= 0.3 is 0 Å². The van der Waals surface area contributed by atoms with Crippen LogP contribution in [0.4, 0.5) is 0 Å². The molecule has 0 aliphatic heterocycles. The first-order valence-corrected chi connectivity index (χ1v) is 7.57. The average Bonchev–Trinajstić information content (AvgIpc) is 2.43. The highest BCUT2D eigenvalue weighted by Crippen LogP contribution is 1.90. The predicted molar refractivity (Wildman–Crippen MR) is 82.3 cm³/mol. The van der Waals surface area contributed by atoms with Crippen molar-refractivity contribution in [3.8, 4) is 0 Å². The second-order valence-electron chi connectivity index (χ2n) is 5.20. The van der Waals surface area contributed by atoms with Crippen LogP contribution < -0.4 is 5.32 Å². The number of Topliss-reactive ketones (excluding diaryl/α,β-unsaturated/α-hetero) is 1. The zero-order valence-corrected chi connectivity index (χ0v) is 13.5. The fourth-order valence-electron chi connectivity index (χ4n) is 1.41. The van der Waals surface area contributed by atoms with Crippen LogP contribution in [0.1, 0.15) is 35.0 Å². The molecular weight excluding hydrogens is 274 g/mol. The van der Waals surface area contributed by atoms with E-state index in [0.29, 0.717) is 45.3 Å². The number of carbonyl (C=O) groups excluding carboxylic acids is 2. The van der Waals surface area contributed by atoms with Crippen LogP contribution >= 0.6 is 0 Å². The molecule has 0 atom stereocenters. The van der Waals surface area contributed by atoms with E-state index in [1.54, 1.807) is 0 Å². The molecule has 0 spiro atoms. The fourth-order valence-corrected chi connectivity index (χ4v) is 1.41. The molecule has 1 N–H and O–H groups in total. The number of ether oxygens (including phenoxy) is 3. The Morgan fingerprint density at radius 2 is 1.57 bits per heavy atom. The van der Waals surface area contributed by atoms with E-state index in [1.807, 2.05) is 20.8 Å². The van der Waals surface area contributed by atoms with Gasteiger partial charge in [-0.1, -0.05) is 20.8 Å². The Labute approximate surface area is 129 Å². The van der Waals surface area contributed by atoms with Crippen molar-refractivity contribution in [2.45, 2.75) is 33.6 Å². The van der Waals surface area contributed by atoms with E-state index >= 15 is 0 Å². The van der Waals surface area contributed by atoms with Gasteiger partial charge in [0.25, 0.3) is 0 Å². The summed E-state index contributed by atoms with van der Waals surface area (Å²) in [5.41, 5.74) is 0. The molecule has 0 aromatic heterocycles. The van der Waals surface area contributed by atoms with Crippen LogP contribution in [0.25, 0.3) is 0 Å². The largest absolute Gasteiger partial charge is 0.377 e. The molecule has 1 amide bonds. The molecular formula is C15H31NO5. The van der Waals surface area contributed by atoms with Gasteiger partial charge in [-0.25, -0.2) is 0 Å². The van der Waals surface area contributed by atoms with E-state index in [1.165, 1.54) is 0 Å². The fraction of sp³-hybridized carbons (Fsp3) is 0.867. The predicted octanol–water partition coefficient (Wildman–Crippen LogP) is 1.42. The standard InChI is InChI=1S/C15H29NO5.H2/c1-4-5-14(17)11-20-8-6-19-7-9-21-12-15(18)16-10-13(2)3;/h13H,4-12H2,1-3H3,(H,16,18);1H. The van der Waals surface area contributed by atoms with Crippen molar-refractivity contribution in [1.29, 1.82) is 0 Å². The van der Waals surface area contributed by atoms with Crippen molar-refractivity contribution in [2.75, 3.05) is 46.2 Å². The highest BCUT2D eigenvalue weighted by atomic mass is 16.5. The maximum atomic E-state index is 11.3. The molecule has 21 heavy (non-hydrogen) atoms. The molecule has 0 rings (SSSR count). The maximum Gasteiger partial charge on any atom is 0.246 e. The van der Waals surface area contributed by atoms with E-state index in [9.17, 15) is 9.59 Å². The summed E-state index contributed by atoms with van der Waals surface area (Å²) >= 11 is 0. The van der Waals surface area contributed by atoms with Gasteiger partial charge < -0.3 is 19.5 Å². The third-order valence-electron chi connectivity index (χ3n) is 2.48. The zero-order valence-electron chi connectivity index (χ0n) is 13.5. The maximum absolute atomic E-state index is 11.3. The first-order chi connectivity index (χ1) is 10.1. The Kier molecular flexibility index (Phi) is 13.3. The van der Waals surface area contributed by atoms with Gasteiger partial charge in [-0.05, 0) is 12.3 Å². The number of hydrogen-bond donors (Lipinski definition) is 1. The lowest BCUT2D eigenvalue weighted by molar-refractivity contribution is -0.126. The van der Waals surface area contributed by atoms with Crippen molar-refractivity contribution in [3.63, 3.8) is 0 Å². The summed E-state index contributed by atoms with van der Waals surface area (Å²) in [6.07, 6.45) is 1.41. The monoisotopic (exact) mass is 305 g/mol. The van der Waals surface area contributed by atoms with Crippen molar-refractivity contribution in [2.24, 2.45) is 5.92 Å². The van der Waals surface area contributed by atoms with E-state index in [4.69, 9.17) is 14.2 Å². The SMILES string of the molecule is CCCC(=O)COCCOCCOCC(=O)NCC(C)C.[HH]. The highest BCUT2D eigenvalue weighted by Gasteiger charge is 2.02. The molecule has 0 saturated carbocycles. The Morgan fingerprint density at radius 3 is 2.14 bits per heavy atom. The van der Waals surface area contributed by atoms with Gasteiger partial charge in [0.05, 0.1) is 26.4 Å². The Morgan fingerprint density at radius 1 is 1.00 bits per heavy atom. The minimum absolute atomic E-state index is 0. The molecule has 126 valence electrons. The smallest absolute Gasteiger partial charge is 0.246 e. The topological polar surface area (TPSA) is 73.9 Å². The molecule has 0 saturated heterocycles. The lowest BCUT2D eigenvalue weighted by Gasteiger charge is -2.08. The van der Waals surface area contributed by atoms with Crippen molar-refractivity contribution >= 4 is 11.7 Å². The minimum atomic E-state index is -0.110. The van der Waals surface area contributed by atoms with Crippen molar-refractivity contribution in [1.82, 2.24) is 5.32 Å². The summed E-state index contributed by atoms with van der Waals surface area (Å²) in [7, 11) is 0. The van der Waals surface area contributed by atoms with Crippen LogP contribution in [0.15, 0.2) is 0 Å². The molecule has 0 fully saturated rings. The quantitative estimate of drug-likeness (QED) is 0.491. The Balaban J connectivity index is 0. The first kappa shape index (κ1) is 20.0. The number of hydrogen-bond acceptors (Lipinski definition) is 5. The zero-order chi connectivity index (χ0) is 15.9. The van der Waals surface area contributed by atoms with Gasteiger partial charge in [0.2, 0.25) is 5.91 Å². The van der Waals surface area contributed by atoms with Crippen LogP contribution in [0.5, 0.6) is 0 Å². The lowest BCUT2D eigenvalue weighted by atomic mass is 10.2. The molecule has 0 bridgehead atoms. The molecule has 0 aliphatic carbocycles. The normalized spacial score (nSPS) is 10.9. The molecule has 0 unspecified atom stereocenters. The van der Waals surface area contributed by atoms with E-state index in [-0.39, 0.29) is 26.3 Å². The molecule has 0 aromatic carbocycles. The molecule has 0 aliphatic rings. The number of carbonyl (C=O) groups is 2. The van der Waals surface area contributed by atoms with Crippen LogP contribution in [0, 0.1) is 5.92 Å². The average molecular weight is 305 g/mol. The number of nitrogens with one attached hydrogen (secondary N) is 1. The second kappa shape index (κ2) is 14.0. The number of amides is 1. The molecule has 0 heterocycles. The summed E-state index contributed by atoms with van der Waals surface area (Å²) in [6, 6.07) is 0. The number of ketones is 1. The molecule has 6 heteroatoms. The summed E-state index contributed by atoms with van der Waals surface area (Å²) < 4.78 is 15.6. The van der Waals surface area contributed by atoms with Crippen molar-refractivity contribution in [3.05, 3.63) is 0 Å². The van der Waals surface area contributed by atoms with Gasteiger partial charge in [0.15, 0.2) is 5.78 Å². The van der Waals surface area contributed by atoms with Gasteiger partial charge in [-0.2, -0.15) is 0 Å². The van der Waals surface area contributed by atoms with Gasteiger partial charge in [0.1, 0.15) is 13.2 Å². The van der Waals surface area contributed by atoms with Crippen LogP contribution in [-0.4, -0.2) is 57.9 Å². The third kappa shape index (κ3) is 15.2. The molecule has 0 aromatic rings. The van der Waals surface area contributed by atoms with Gasteiger partial charge in [-0.3, -0.25) is 9.59 Å². The van der Waals surface area contributed by atoms with E-state index < -0.39 is 0 Å². The van der Waals surface area contributed by atoms with Crippen LogP contribution in [0.2, 0.25) is 0 Å². The minimum Gasteiger partial charge on any atom is -0.377 e. The Bertz CT molecular complexity index is 287. The van der Waals surface area contributed by atoms with Gasteiger partial charge in [-0.15, -0.1) is 0 Å². The summed E-state index contributed by atoms with van der Waals surface area (Å²) in [5.74, 6) is 0.441. The molecule has 0 radical (unpaired) electrons. The highest BCUT2D eigenvalue weighted by molar-refractivity contribution is 5.79. The Hall–Kier alpha value is -0.980. The first-order valence-electron chi connectivity index (χ1n) is 7.57.